The van der Waals surface area contributed by atoms with E-state index in [1.54, 1.807) is 10.9 Å². The quantitative estimate of drug-likeness (QED) is 0.835. The molecule has 0 spiro atoms. The molecular weight excluding hydrogens is 254 g/mol. The average Bonchev–Trinajstić information content (AvgIpc) is 2.67. The Balaban J connectivity index is 2.42. The minimum absolute atomic E-state index is 0.439. The van der Waals surface area contributed by atoms with Crippen LogP contribution in [0, 0.1) is 0 Å². The van der Waals surface area contributed by atoms with E-state index in [2.05, 4.69) is 39.9 Å². The SMILES string of the molecule is CC(C)c1ccn(-c2ncccc2Br)n1. The zero-order chi connectivity index (χ0) is 10.8. The first kappa shape index (κ1) is 10.4. The Hall–Kier alpha value is -1.16. The third-order valence-corrected chi connectivity index (χ3v) is 2.78. The van der Waals surface area contributed by atoms with Gasteiger partial charge in [-0.1, -0.05) is 13.8 Å². The highest BCUT2D eigenvalue weighted by Crippen LogP contribution is 2.19. The lowest BCUT2D eigenvalue weighted by Crippen LogP contribution is -2.00. The topological polar surface area (TPSA) is 30.7 Å². The highest BCUT2D eigenvalue weighted by Gasteiger charge is 2.07. The van der Waals surface area contributed by atoms with Gasteiger partial charge in [0, 0.05) is 12.4 Å². The normalized spacial score (nSPS) is 10.9. The Bertz CT molecular complexity index is 462. The molecule has 0 fully saturated rings. The molecule has 0 radical (unpaired) electrons. The van der Waals surface area contributed by atoms with Crippen LogP contribution in [0.5, 0.6) is 0 Å². The molecule has 0 unspecified atom stereocenters. The number of hydrogen-bond donors (Lipinski definition) is 0. The average molecular weight is 266 g/mol. The lowest BCUT2D eigenvalue weighted by Gasteiger charge is -2.02. The molecule has 0 bridgehead atoms. The first-order valence-corrected chi connectivity index (χ1v) is 5.64. The molecule has 2 rings (SSSR count). The van der Waals surface area contributed by atoms with E-state index in [0.29, 0.717) is 5.92 Å². The second-order valence-corrected chi connectivity index (χ2v) is 4.50. The molecule has 0 aliphatic rings. The van der Waals surface area contributed by atoms with Gasteiger partial charge in [-0.3, -0.25) is 0 Å². The monoisotopic (exact) mass is 265 g/mol. The van der Waals surface area contributed by atoms with Crippen LogP contribution in [-0.4, -0.2) is 14.8 Å². The van der Waals surface area contributed by atoms with E-state index in [0.717, 1.165) is 16.0 Å². The number of nitrogens with zero attached hydrogens (tertiary/aromatic N) is 3. The molecule has 0 aliphatic carbocycles. The molecule has 0 amide bonds. The molecule has 0 saturated carbocycles. The van der Waals surface area contributed by atoms with Crippen LogP contribution in [0.2, 0.25) is 0 Å². The van der Waals surface area contributed by atoms with Gasteiger partial charge in [-0.15, -0.1) is 0 Å². The summed E-state index contributed by atoms with van der Waals surface area (Å²) in [5, 5.41) is 4.46. The molecule has 2 heterocycles. The van der Waals surface area contributed by atoms with E-state index in [9.17, 15) is 0 Å². The number of rotatable bonds is 2. The molecule has 4 heteroatoms. The molecule has 3 nitrogen and oxygen atoms in total. The van der Waals surface area contributed by atoms with Gasteiger partial charge in [-0.2, -0.15) is 5.10 Å². The molecule has 0 aromatic carbocycles. The zero-order valence-electron chi connectivity index (χ0n) is 8.68. The summed E-state index contributed by atoms with van der Waals surface area (Å²) >= 11 is 3.46. The van der Waals surface area contributed by atoms with E-state index >= 15 is 0 Å². The van der Waals surface area contributed by atoms with Crippen molar-refractivity contribution in [3.63, 3.8) is 0 Å². The first-order valence-electron chi connectivity index (χ1n) is 4.85. The fraction of sp³-hybridized carbons (Fsp3) is 0.273. The minimum atomic E-state index is 0.439. The van der Waals surface area contributed by atoms with Crippen molar-refractivity contribution in [2.24, 2.45) is 0 Å². The van der Waals surface area contributed by atoms with Crippen LogP contribution < -0.4 is 0 Å². The summed E-state index contributed by atoms with van der Waals surface area (Å²) in [4.78, 5) is 4.27. The standard InChI is InChI=1S/C11H12BrN3/c1-8(2)10-5-7-15(14-10)11-9(12)4-3-6-13-11/h3-8H,1-2H3. The Morgan fingerprint density at radius 2 is 2.13 bits per heavy atom. The van der Waals surface area contributed by atoms with Crippen LogP contribution in [0.1, 0.15) is 25.5 Å². The molecule has 0 atom stereocenters. The maximum Gasteiger partial charge on any atom is 0.167 e. The first-order chi connectivity index (χ1) is 7.18. The highest BCUT2D eigenvalue weighted by atomic mass is 79.9. The van der Waals surface area contributed by atoms with Gasteiger partial charge in [0.2, 0.25) is 0 Å². The van der Waals surface area contributed by atoms with Crippen molar-refractivity contribution in [1.29, 1.82) is 0 Å². The number of pyridine rings is 1. The summed E-state index contributed by atoms with van der Waals surface area (Å²) in [5.41, 5.74) is 1.08. The fourth-order valence-corrected chi connectivity index (χ4v) is 1.75. The summed E-state index contributed by atoms with van der Waals surface area (Å²) in [6.45, 7) is 4.25. The predicted octanol–water partition coefficient (Wildman–Crippen LogP) is 3.15. The fourth-order valence-electron chi connectivity index (χ4n) is 1.31. The molecule has 2 aromatic rings. The van der Waals surface area contributed by atoms with Gasteiger partial charge >= 0.3 is 0 Å². The van der Waals surface area contributed by atoms with E-state index in [-0.39, 0.29) is 0 Å². The van der Waals surface area contributed by atoms with Crippen LogP contribution in [0.25, 0.3) is 5.82 Å². The molecule has 0 N–H and O–H groups in total. The van der Waals surface area contributed by atoms with Crippen molar-refractivity contribution < 1.29 is 0 Å². The van der Waals surface area contributed by atoms with Crippen LogP contribution >= 0.6 is 15.9 Å². The third kappa shape index (κ3) is 2.09. The Morgan fingerprint density at radius 3 is 2.73 bits per heavy atom. The van der Waals surface area contributed by atoms with Crippen LogP contribution in [0.15, 0.2) is 35.1 Å². The van der Waals surface area contributed by atoms with E-state index in [1.165, 1.54) is 0 Å². The van der Waals surface area contributed by atoms with E-state index in [4.69, 9.17) is 0 Å². The summed E-state index contributed by atoms with van der Waals surface area (Å²) in [5.74, 6) is 1.26. The largest absolute Gasteiger partial charge is 0.236 e. The molecule has 0 saturated heterocycles. The van der Waals surface area contributed by atoms with Crippen molar-refractivity contribution in [2.75, 3.05) is 0 Å². The van der Waals surface area contributed by atoms with Gasteiger partial charge in [-0.05, 0) is 40.0 Å². The van der Waals surface area contributed by atoms with Crippen molar-refractivity contribution in [3.05, 3.63) is 40.8 Å². The summed E-state index contributed by atoms with van der Waals surface area (Å²) in [6.07, 6.45) is 3.69. The van der Waals surface area contributed by atoms with Gasteiger partial charge in [0.1, 0.15) is 0 Å². The smallest absolute Gasteiger partial charge is 0.167 e. The van der Waals surface area contributed by atoms with Crippen LogP contribution in [-0.2, 0) is 0 Å². The Labute approximate surface area is 97.3 Å². The summed E-state index contributed by atoms with van der Waals surface area (Å²) in [6, 6.07) is 5.87. The maximum absolute atomic E-state index is 4.46. The van der Waals surface area contributed by atoms with Gasteiger partial charge in [0.15, 0.2) is 5.82 Å². The molecule has 15 heavy (non-hydrogen) atoms. The lowest BCUT2D eigenvalue weighted by molar-refractivity contribution is 0.756. The molecule has 78 valence electrons. The van der Waals surface area contributed by atoms with Gasteiger partial charge in [-0.25, -0.2) is 9.67 Å². The van der Waals surface area contributed by atoms with E-state index in [1.807, 2.05) is 24.4 Å². The Kier molecular flexibility index (Phi) is 2.86. The predicted molar refractivity (Wildman–Crippen MR) is 63.1 cm³/mol. The summed E-state index contributed by atoms with van der Waals surface area (Å²) in [7, 11) is 0. The second-order valence-electron chi connectivity index (χ2n) is 3.65. The van der Waals surface area contributed by atoms with Crippen molar-refractivity contribution >= 4 is 15.9 Å². The summed E-state index contributed by atoms with van der Waals surface area (Å²) < 4.78 is 2.74. The highest BCUT2D eigenvalue weighted by molar-refractivity contribution is 9.10. The van der Waals surface area contributed by atoms with Gasteiger partial charge in [0.25, 0.3) is 0 Å². The lowest BCUT2D eigenvalue weighted by atomic mass is 10.1. The third-order valence-electron chi connectivity index (χ3n) is 2.16. The van der Waals surface area contributed by atoms with Crippen LogP contribution in [0.4, 0.5) is 0 Å². The van der Waals surface area contributed by atoms with Gasteiger partial charge in [0.05, 0.1) is 10.2 Å². The Morgan fingerprint density at radius 1 is 1.33 bits per heavy atom. The van der Waals surface area contributed by atoms with E-state index < -0.39 is 0 Å². The van der Waals surface area contributed by atoms with Crippen molar-refractivity contribution in [2.45, 2.75) is 19.8 Å². The number of aromatic nitrogens is 3. The molecule has 2 aromatic heterocycles. The zero-order valence-corrected chi connectivity index (χ0v) is 10.3. The second kappa shape index (κ2) is 4.14. The van der Waals surface area contributed by atoms with Crippen molar-refractivity contribution in [1.82, 2.24) is 14.8 Å². The molecule has 0 aliphatic heterocycles. The van der Waals surface area contributed by atoms with Crippen LogP contribution in [0.3, 0.4) is 0 Å². The number of hydrogen-bond acceptors (Lipinski definition) is 2. The van der Waals surface area contributed by atoms with Crippen molar-refractivity contribution in [3.8, 4) is 5.82 Å². The number of halogens is 1. The van der Waals surface area contributed by atoms with Gasteiger partial charge < -0.3 is 0 Å². The maximum atomic E-state index is 4.46. The minimum Gasteiger partial charge on any atom is -0.236 e. The molecular formula is C11H12BrN3.